The highest BCUT2D eigenvalue weighted by Gasteiger charge is 2.38. The smallest absolute Gasteiger partial charge is 0.241 e. The van der Waals surface area contributed by atoms with E-state index in [-0.39, 0.29) is 5.91 Å². The summed E-state index contributed by atoms with van der Waals surface area (Å²) in [5.41, 5.74) is -0.158. The number of hydrogen-bond donors (Lipinski definition) is 1. The molecule has 0 fully saturated rings. The number of nitrogens with one attached hydrogen (secondary N) is 1. The average molecular weight is 386 g/mol. The quantitative estimate of drug-likeness (QED) is 0.739. The van der Waals surface area contributed by atoms with Gasteiger partial charge in [-0.3, -0.25) is 9.59 Å². The summed E-state index contributed by atoms with van der Waals surface area (Å²) in [7, 11) is 6.13. The normalized spacial score (nSPS) is 10.8. The largest absolute Gasteiger partial charge is 0.493 e. The molecule has 7 heteroatoms. The van der Waals surface area contributed by atoms with Gasteiger partial charge in [-0.2, -0.15) is 0 Å². The zero-order valence-corrected chi connectivity index (χ0v) is 17.0. The van der Waals surface area contributed by atoms with Crippen molar-refractivity contribution in [1.29, 1.82) is 0 Å². The molecule has 0 bridgehead atoms. The Bertz CT molecular complexity index is 824. The minimum absolute atomic E-state index is 0.330. The molecule has 0 radical (unpaired) electrons. The van der Waals surface area contributed by atoms with Crippen LogP contribution in [0.2, 0.25) is 0 Å². The van der Waals surface area contributed by atoms with Gasteiger partial charge in [0.1, 0.15) is 5.41 Å². The van der Waals surface area contributed by atoms with E-state index in [9.17, 15) is 9.59 Å². The van der Waals surface area contributed by atoms with Crippen molar-refractivity contribution in [3.05, 3.63) is 42.5 Å². The summed E-state index contributed by atoms with van der Waals surface area (Å²) >= 11 is 0. The van der Waals surface area contributed by atoms with Gasteiger partial charge >= 0.3 is 0 Å². The van der Waals surface area contributed by atoms with Crippen LogP contribution < -0.4 is 24.4 Å². The van der Waals surface area contributed by atoms with Gasteiger partial charge in [0, 0.05) is 30.6 Å². The van der Waals surface area contributed by atoms with Gasteiger partial charge in [0.25, 0.3) is 0 Å². The van der Waals surface area contributed by atoms with Crippen LogP contribution in [-0.4, -0.2) is 40.2 Å². The number of methoxy groups -OCH3 is 3. The maximum absolute atomic E-state index is 12.9. The summed E-state index contributed by atoms with van der Waals surface area (Å²) in [6.07, 6.45) is 0. The molecular formula is C21H26N2O5. The first-order valence-corrected chi connectivity index (χ1v) is 8.71. The molecule has 0 spiro atoms. The van der Waals surface area contributed by atoms with Gasteiger partial charge in [-0.1, -0.05) is 18.2 Å². The minimum Gasteiger partial charge on any atom is -0.493 e. The van der Waals surface area contributed by atoms with Gasteiger partial charge in [0.15, 0.2) is 11.5 Å². The third-order valence-electron chi connectivity index (χ3n) is 4.47. The fraction of sp³-hybridized carbons (Fsp3) is 0.333. The van der Waals surface area contributed by atoms with E-state index < -0.39 is 11.3 Å². The lowest BCUT2D eigenvalue weighted by molar-refractivity contribution is -0.136. The first-order chi connectivity index (χ1) is 13.3. The predicted octanol–water partition coefficient (Wildman–Crippen LogP) is 3.34. The number of ether oxygens (including phenoxy) is 3. The predicted molar refractivity (Wildman–Crippen MR) is 108 cm³/mol. The van der Waals surface area contributed by atoms with Crippen LogP contribution in [0.4, 0.5) is 11.4 Å². The molecular weight excluding hydrogens is 360 g/mol. The maximum atomic E-state index is 12.9. The average Bonchev–Trinajstić information content (AvgIpc) is 2.72. The van der Waals surface area contributed by atoms with E-state index >= 15 is 0 Å². The second-order valence-corrected chi connectivity index (χ2v) is 6.69. The Morgan fingerprint density at radius 3 is 1.93 bits per heavy atom. The summed E-state index contributed by atoms with van der Waals surface area (Å²) in [6.45, 7) is 3.17. The Labute approximate surface area is 165 Å². The van der Waals surface area contributed by atoms with Crippen molar-refractivity contribution < 1.29 is 23.8 Å². The van der Waals surface area contributed by atoms with Crippen LogP contribution in [0, 0.1) is 5.41 Å². The lowest BCUT2D eigenvalue weighted by atomic mass is 9.90. The first kappa shape index (κ1) is 21.1. The van der Waals surface area contributed by atoms with Crippen molar-refractivity contribution in [2.24, 2.45) is 5.41 Å². The standard InChI is InChI=1S/C21H26N2O5/c1-21(2,20(25)23(3)15-10-8-7-9-11-15)19(24)22-14-12-16(26-4)18(28-6)17(13-14)27-5/h7-13H,1-6H3,(H,22,24). The second kappa shape index (κ2) is 8.65. The van der Waals surface area contributed by atoms with E-state index in [2.05, 4.69) is 5.32 Å². The highest BCUT2D eigenvalue weighted by Crippen LogP contribution is 2.40. The summed E-state index contributed by atoms with van der Waals surface area (Å²) in [5.74, 6) is 0.450. The Kier molecular flexibility index (Phi) is 6.51. The van der Waals surface area contributed by atoms with Crippen molar-refractivity contribution in [1.82, 2.24) is 0 Å². The third-order valence-corrected chi connectivity index (χ3v) is 4.47. The zero-order chi connectivity index (χ0) is 20.9. The summed E-state index contributed by atoms with van der Waals surface area (Å²) < 4.78 is 15.9. The van der Waals surface area contributed by atoms with E-state index in [1.165, 1.54) is 26.2 Å². The van der Waals surface area contributed by atoms with Crippen LogP contribution in [0.3, 0.4) is 0 Å². The lowest BCUT2D eigenvalue weighted by Crippen LogP contribution is -2.46. The highest BCUT2D eigenvalue weighted by atomic mass is 16.5. The van der Waals surface area contributed by atoms with Crippen molar-refractivity contribution >= 4 is 23.2 Å². The van der Waals surface area contributed by atoms with Crippen molar-refractivity contribution in [2.45, 2.75) is 13.8 Å². The number of amides is 2. The number of hydrogen-bond acceptors (Lipinski definition) is 5. The van der Waals surface area contributed by atoms with Crippen LogP contribution in [0.15, 0.2) is 42.5 Å². The molecule has 1 N–H and O–H groups in total. The monoisotopic (exact) mass is 386 g/mol. The number of anilines is 2. The Hall–Kier alpha value is -3.22. The molecule has 2 aromatic carbocycles. The number of carbonyl (C=O) groups is 2. The number of nitrogens with zero attached hydrogens (tertiary/aromatic N) is 1. The molecule has 0 saturated heterocycles. The second-order valence-electron chi connectivity index (χ2n) is 6.69. The number of carbonyl (C=O) groups excluding carboxylic acids is 2. The first-order valence-electron chi connectivity index (χ1n) is 8.71. The molecule has 2 amide bonds. The van der Waals surface area contributed by atoms with Gasteiger partial charge in [0.2, 0.25) is 17.6 Å². The highest BCUT2D eigenvalue weighted by molar-refractivity contribution is 6.14. The molecule has 0 aromatic heterocycles. The van der Waals surface area contributed by atoms with Gasteiger partial charge in [-0.15, -0.1) is 0 Å². The molecule has 7 nitrogen and oxygen atoms in total. The van der Waals surface area contributed by atoms with Gasteiger partial charge < -0.3 is 24.4 Å². The Morgan fingerprint density at radius 2 is 1.46 bits per heavy atom. The molecule has 0 unspecified atom stereocenters. The molecule has 0 aliphatic rings. The summed E-state index contributed by atoms with van der Waals surface area (Å²) in [4.78, 5) is 27.3. The molecule has 2 aromatic rings. The molecule has 0 saturated carbocycles. The summed E-state index contributed by atoms with van der Waals surface area (Å²) in [6, 6.07) is 12.4. The molecule has 0 heterocycles. The number of rotatable bonds is 7. The minimum atomic E-state index is -1.30. The van der Waals surface area contributed by atoms with E-state index in [1.807, 2.05) is 30.3 Å². The third kappa shape index (κ3) is 4.19. The van der Waals surface area contributed by atoms with Crippen LogP contribution in [0.25, 0.3) is 0 Å². The maximum Gasteiger partial charge on any atom is 0.241 e. The van der Waals surface area contributed by atoms with Crippen LogP contribution >= 0.6 is 0 Å². The fourth-order valence-electron chi connectivity index (χ4n) is 2.73. The molecule has 28 heavy (non-hydrogen) atoms. The van der Waals surface area contributed by atoms with Gasteiger partial charge in [-0.05, 0) is 26.0 Å². The van der Waals surface area contributed by atoms with Gasteiger partial charge in [0.05, 0.1) is 21.3 Å². The Morgan fingerprint density at radius 1 is 0.929 bits per heavy atom. The summed E-state index contributed by atoms with van der Waals surface area (Å²) in [5, 5.41) is 2.77. The lowest BCUT2D eigenvalue weighted by Gasteiger charge is -2.28. The van der Waals surface area contributed by atoms with E-state index in [4.69, 9.17) is 14.2 Å². The molecule has 0 atom stereocenters. The topological polar surface area (TPSA) is 77.1 Å². The van der Waals surface area contributed by atoms with E-state index in [1.54, 1.807) is 33.0 Å². The SMILES string of the molecule is COc1cc(NC(=O)C(C)(C)C(=O)N(C)c2ccccc2)cc(OC)c1OC. The molecule has 2 rings (SSSR count). The van der Waals surface area contributed by atoms with E-state index in [0.29, 0.717) is 28.6 Å². The fourth-order valence-corrected chi connectivity index (χ4v) is 2.73. The number of benzene rings is 2. The van der Waals surface area contributed by atoms with Gasteiger partial charge in [-0.25, -0.2) is 0 Å². The van der Waals surface area contributed by atoms with Crippen LogP contribution in [-0.2, 0) is 9.59 Å². The Balaban J connectivity index is 2.26. The molecule has 0 aliphatic carbocycles. The van der Waals surface area contributed by atoms with Crippen molar-refractivity contribution in [2.75, 3.05) is 38.6 Å². The van der Waals surface area contributed by atoms with E-state index in [0.717, 1.165) is 0 Å². The molecule has 150 valence electrons. The molecule has 0 aliphatic heterocycles. The van der Waals surface area contributed by atoms with Crippen molar-refractivity contribution in [3.8, 4) is 17.2 Å². The van der Waals surface area contributed by atoms with Crippen molar-refractivity contribution in [3.63, 3.8) is 0 Å². The number of para-hydroxylation sites is 1. The van der Waals surface area contributed by atoms with Crippen LogP contribution in [0.1, 0.15) is 13.8 Å². The van der Waals surface area contributed by atoms with Crippen LogP contribution in [0.5, 0.6) is 17.2 Å². The zero-order valence-electron chi connectivity index (χ0n) is 17.0.